The second kappa shape index (κ2) is 8.97. The Balaban J connectivity index is 2.19. The third kappa shape index (κ3) is 6.45. The van der Waals surface area contributed by atoms with Gasteiger partial charge in [-0.15, -0.1) is 0 Å². The van der Waals surface area contributed by atoms with E-state index in [1.807, 2.05) is 0 Å². The Morgan fingerprint density at radius 2 is 1.65 bits per heavy atom. The van der Waals surface area contributed by atoms with Crippen molar-refractivity contribution in [1.29, 1.82) is 0 Å². The molecule has 1 N–H and O–H groups in total. The van der Waals surface area contributed by atoms with Gasteiger partial charge in [0.2, 0.25) is 0 Å². The average molecular weight is 239 g/mol. The molecule has 0 saturated heterocycles. The highest BCUT2D eigenvalue weighted by atomic mass is 14.9. The van der Waals surface area contributed by atoms with Crippen molar-refractivity contribution in [3.8, 4) is 0 Å². The van der Waals surface area contributed by atoms with Crippen LogP contribution in [0.25, 0.3) is 0 Å². The van der Waals surface area contributed by atoms with Crippen LogP contribution in [-0.2, 0) is 0 Å². The van der Waals surface area contributed by atoms with E-state index in [1.165, 1.54) is 64.2 Å². The lowest BCUT2D eigenvalue weighted by Gasteiger charge is -2.27. The first-order valence-corrected chi connectivity index (χ1v) is 8.00. The summed E-state index contributed by atoms with van der Waals surface area (Å²) < 4.78 is 0. The Hall–Kier alpha value is -0.0400. The zero-order valence-electron chi connectivity index (χ0n) is 12.3. The van der Waals surface area contributed by atoms with Gasteiger partial charge in [0, 0.05) is 12.1 Å². The fourth-order valence-corrected chi connectivity index (χ4v) is 3.18. The molecular formula is C16H33N. The monoisotopic (exact) mass is 239 g/mol. The fourth-order valence-electron chi connectivity index (χ4n) is 3.18. The van der Waals surface area contributed by atoms with Gasteiger partial charge in [-0.3, -0.25) is 0 Å². The van der Waals surface area contributed by atoms with Crippen LogP contribution < -0.4 is 5.32 Å². The van der Waals surface area contributed by atoms with Crippen LogP contribution in [0.4, 0.5) is 0 Å². The van der Waals surface area contributed by atoms with E-state index < -0.39 is 0 Å². The third-order valence-corrected chi connectivity index (χ3v) is 4.40. The molecule has 0 aromatic carbocycles. The molecule has 0 bridgehead atoms. The molecule has 0 amide bonds. The van der Waals surface area contributed by atoms with Gasteiger partial charge in [-0.2, -0.15) is 0 Å². The van der Waals surface area contributed by atoms with E-state index in [2.05, 4.69) is 26.1 Å². The Labute approximate surface area is 109 Å². The first kappa shape index (κ1) is 15.0. The van der Waals surface area contributed by atoms with Crippen LogP contribution in [0.1, 0.15) is 85.0 Å². The van der Waals surface area contributed by atoms with Gasteiger partial charge in [-0.1, -0.05) is 51.9 Å². The number of rotatable bonds is 7. The first-order valence-electron chi connectivity index (χ1n) is 8.00. The zero-order valence-corrected chi connectivity index (χ0v) is 12.3. The van der Waals surface area contributed by atoms with E-state index in [-0.39, 0.29) is 0 Å². The van der Waals surface area contributed by atoms with Crippen LogP contribution in [0.5, 0.6) is 0 Å². The predicted molar refractivity (Wildman–Crippen MR) is 77.4 cm³/mol. The third-order valence-electron chi connectivity index (χ3n) is 4.40. The summed E-state index contributed by atoms with van der Waals surface area (Å²) in [7, 11) is 0. The van der Waals surface area contributed by atoms with E-state index in [1.54, 1.807) is 0 Å². The van der Waals surface area contributed by atoms with E-state index in [4.69, 9.17) is 0 Å². The van der Waals surface area contributed by atoms with Gasteiger partial charge in [-0.05, 0) is 39.0 Å². The van der Waals surface area contributed by atoms with Crippen LogP contribution in [0.3, 0.4) is 0 Å². The molecule has 1 unspecified atom stereocenters. The molecule has 1 saturated carbocycles. The summed E-state index contributed by atoms with van der Waals surface area (Å²) in [5, 5.41) is 3.84. The van der Waals surface area contributed by atoms with Crippen LogP contribution in [0, 0.1) is 5.92 Å². The Morgan fingerprint density at radius 1 is 1.00 bits per heavy atom. The maximum atomic E-state index is 3.84. The molecule has 1 aliphatic carbocycles. The SMILES string of the molecule is CCCCCC(C)N[C@H](C)C1CCCCCC1. The van der Waals surface area contributed by atoms with Gasteiger partial charge < -0.3 is 5.32 Å². The standard InChI is InChI=1S/C16H33N/c1-4-5-8-11-14(2)17-15(3)16-12-9-6-7-10-13-16/h14-17H,4-13H2,1-3H3/t14?,15-/m1/s1. The molecule has 1 heteroatoms. The van der Waals surface area contributed by atoms with Crippen molar-refractivity contribution < 1.29 is 0 Å². The molecule has 1 rings (SSSR count). The molecule has 102 valence electrons. The predicted octanol–water partition coefficient (Wildman–Crippen LogP) is 4.90. The first-order chi connectivity index (χ1) is 8.24. The van der Waals surface area contributed by atoms with Crippen molar-refractivity contribution >= 4 is 0 Å². The summed E-state index contributed by atoms with van der Waals surface area (Å²) in [6.45, 7) is 7.06. The summed E-state index contributed by atoms with van der Waals surface area (Å²) in [6, 6.07) is 1.43. The van der Waals surface area contributed by atoms with Crippen molar-refractivity contribution in [3.63, 3.8) is 0 Å². The molecular weight excluding hydrogens is 206 g/mol. The minimum Gasteiger partial charge on any atom is -0.312 e. The Morgan fingerprint density at radius 3 is 2.24 bits per heavy atom. The quantitative estimate of drug-likeness (QED) is 0.492. The molecule has 0 spiro atoms. The van der Waals surface area contributed by atoms with Gasteiger partial charge in [0.15, 0.2) is 0 Å². The van der Waals surface area contributed by atoms with Gasteiger partial charge in [0.1, 0.15) is 0 Å². The summed E-state index contributed by atoms with van der Waals surface area (Å²) >= 11 is 0. The highest BCUT2D eigenvalue weighted by Gasteiger charge is 2.19. The second-order valence-corrected chi connectivity index (χ2v) is 6.10. The normalized spacial score (nSPS) is 22.1. The van der Waals surface area contributed by atoms with Gasteiger partial charge >= 0.3 is 0 Å². The van der Waals surface area contributed by atoms with Crippen LogP contribution >= 0.6 is 0 Å². The van der Waals surface area contributed by atoms with E-state index in [0.29, 0.717) is 6.04 Å². The minimum absolute atomic E-state index is 0.708. The number of nitrogens with one attached hydrogen (secondary N) is 1. The van der Waals surface area contributed by atoms with E-state index in [9.17, 15) is 0 Å². The lowest BCUT2D eigenvalue weighted by atomic mass is 9.92. The molecule has 0 aromatic heterocycles. The van der Waals surface area contributed by atoms with Gasteiger partial charge in [0.05, 0.1) is 0 Å². The summed E-state index contributed by atoms with van der Waals surface area (Å²) in [5.74, 6) is 0.936. The molecule has 2 atom stereocenters. The lowest BCUT2D eigenvalue weighted by molar-refractivity contribution is 0.306. The summed E-state index contributed by atoms with van der Waals surface area (Å²) in [6.07, 6.45) is 14.2. The number of unbranched alkanes of at least 4 members (excludes halogenated alkanes) is 2. The summed E-state index contributed by atoms with van der Waals surface area (Å²) in [4.78, 5) is 0. The van der Waals surface area contributed by atoms with Crippen molar-refractivity contribution in [2.45, 2.75) is 97.1 Å². The van der Waals surface area contributed by atoms with Gasteiger partial charge in [0.25, 0.3) is 0 Å². The second-order valence-electron chi connectivity index (χ2n) is 6.10. The van der Waals surface area contributed by atoms with E-state index in [0.717, 1.165) is 12.0 Å². The maximum absolute atomic E-state index is 3.84. The number of hydrogen-bond acceptors (Lipinski definition) is 1. The molecule has 0 radical (unpaired) electrons. The van der Waals surface area contributed by atoms with Crippen molar-refractivity contribution in [2.24, 2.45) is 5.92 Å². The molecule has 17 heavy (non-hydrogen) atoms. The highest BCUT2D eigenvalue weighted by Crippen LogP contribution is 2.25. The fraction of sp³-hybridized carbons (Fsp3) is 1.00. The smallest absolute Gasteiger partial charge is 0.00694 e. The zero-order chi connectivity index (χ0) is 12.5. The van der Waals surface area contributed by atoms with Crippen LogP contribution in [0.2, 0.25) is 0 Å². The molecule has 0 heterocycles. The topological polar surface area (TPSA) is 12.0 Å². The highest BCUT2D eigenvalue weighted by molar-refractivity contribution is 4.77. The molecule has 1 aliphatic rings. The molecule has 0 aromatic rings. The summed E-state index contributed by atoms with van der Waals surface area (Å²) in [5.41, 5.74) is 0. The Kier molecular flexibility index (Phi) is 7.92. The van der Waals surface area contributed by atoms with Crippen LogP contribution in [-0.4, -0.2) is 12.1 Å². The Bertz CT molecular complexity index is 170. The maximum Gasteiger partial charge on any atom is 0.00694 e. The largest absolute Gasteiger partial charge is 0.312 e. The average Bonchev–Trinajstić information content (AvgIpc) is 2.57. The minimum atomic E-state index is 0.708. The van der Waals surface area contributed by atoms with Crippen molar-refractivity contribution in [2.75, 3.05) is 0 Å². The molecule has 1 fully saturated rings. The molecule has 0 aliphatic heterocycles. The van der Waals surface area contributed by atoms with Crippen molar-refractivity contribution in [3.05, 3.63) is 0 Å². The van der Waals surface area contributed by atoms with Crippen LogP contribution in [0.15, 0.2) is 0 Å². The lowest BCUT2D eigenvalue weighted by Crippen LogP contribution is -2.39. The van der Waals surface area contributed by atoms with Crippen molar-refractivity contribution in [1.82, 2.24) is 5.32 Å². The van der Waals surface area contributed by atoms with E-state index >= 15 is 0 Å². The number of hydrogen-bond donors (Lipinski definition) is 1. The molecule has 1 nitrogen and oxygen atoms in total. The van der Waals surface area contributed by atoms with Gasteiger partial charge in [-0.25, -0.2) is 0 Å².